The van der Waals surface area contributed by atoms with Gasteiger partial charge in [-0.1, -0.05) is 19.3 Å². The van der Waals surface area contributed by atoms with Crippen molar-refractivity contribution in [3.05, 3.63) is 33.9 Å². The Bertz CT molecular complexity index is 630. The van der Waals surface area contributed by atoms with Crippen molar-refractivity contribution >= 4 is 11.6 Å². The number of nitrogens with zero attached hydrogens (tertiary/aromatic N) is 2. The van der Waals surface area contributed by atoms with E-state index in [1.54, 1.807) is 0 Å². The maximum Gasteiger partial charge on any atom is 0.311 e. The fourth-order valence-corrected chi connectivity index (χ4v) is 2.68. The molecule has 0 bridgehead atoms. The summed E-state index contributed by atoms with van der Waals surface area (Å²) in [5.74, 6) is -0.386. The lowest BCUT2D eigenvalue weighted by Gasteiger charge is -2.31. The van der Waals surface area contributed by atoms with Gasteiger partial charge in [0.25, 0.3) is 5.91 Å². The summed E-state index contributed by atoms with van der Waals surface area (Å²) >= 11 is 0. The molecule has 0 heterocycles. The van der Waals surface area contributed by atoms with Crippen molar-refractivity contribution in [1.29, 1.82) is 5.26 Å². The number of hydrogen-bond acceptors (Lipinski definition) is 5. The molecule has 1 amide bonds. The van der Waals surface area contributed by atoms with Crippen molar-refractivity contribution in [1.82, 2.24) is 5.32 Å². The minimum absolute atomic E-state index is 0.0919. The Morgan fingerprint density at radius 1 is 1.41 bits per heavy atom. The number of hydrogen-bond donors (Lipinski definition) is 1. The van der Waals surface area contributed by atoms with Crippen molar-refractivity contribution < 1.29 is 14.5 Å². The lowest BCUT2D eigenvalue weighted by Crippen LogP contribution is -2.48. The normalized spacial score (nSPS) is 16.4. The van der Waals surface area contributed by atoms with Crippen LogP contribution in [0.1, 0.15) is 42.5 Å². The molecule has 2 rings (SSSR count). The molecule has 1 aromatic rings. The van der Waals surface area contributed by atoms with Crippen molar-refractivity contribution in [2.45, 2.75) is 37.6 Å². The van der Waals surface area contributed by atoms with Gasteiger partial charge in [0.15, 0.2) is 5.75 Å². The highest BCUT2D eigenvalue weighted by Gasteiger charge is 2.34. The average Bonchev–Trinajstić information content (AvgIpc) is 2.54. The van der Waals surface area contributed by atoms with Crippen LogP contribution in [0.3, 0.4) is 0 Å². The Kier molecular flexibility index (Phi) is 4.61. The molecule has 7 nitrogen and oxygen atoms in total. The van der Waals surface area contributed by atoms with E-state index in [0.29, 0.717) is 12.8 Å². The van der Waals surface area contributed by atoms with Crippen LogP contribution in [0.25, 0.3) is 0 Å². The van der Waals surface area contributed by atoms with Crippen LogP contribution in [0.15, 0.2) is 18.2 Å². The summed E-state index contributed by atoms with van der Waals surface area (Å²) < 4.78 is 4.91. The third-order valence-electron chi connectivity index (χ3n) is 3.91. The van der Waals surface area contributed by atoms with Crippen LogP contribution in [-0.4, -0.2) is 23.5 Å². The van der Waals surface area contributed by atoms with Crippen molar-refractivity contribution in [2.24, 2.45) is 0 Å². The quantitative estimate of drug-likeness (QED) is 0.679. The number of ether oxygens (including phenoxy) is 1. The molecule has 0 spiro atoms. The van der Waals surface area contributed by atoms with Crippen LogP contribution in [0.5, 0.6) is 5.75 Å². The number of nitrogens with one attached hydrogen (secondary N) is 1. The highest BCUT2D eigenvalue weighted by Crippen LogP contribution is 2.30. The van der Waals surface area contributed by atoms with Gasteiger partial charge < -0.3 is 10.1 Å². The number of nitro groups is 1. The van der Waals surface area contributed by atoms with Crippen LogP contribution in [0.2, 0.25) is 0 Å². The largest absolute Gasteiger partial charge is 0.490 e. The maximum atomic E-state index is 12.3. The van der Waals surface area contributed by atoms with Gasteiger partial charge in [0.1, 0.15) is 5.54 Å². The minimum atomic E-state index is -0.871. The van der Waals surface area contributed by atoms with E-state index in [1.807, 2.05) is 0 Å². The van der Waals surface area contributed by atoms with Crippen LogP contribution < -0.4 is 10.1 Å². The predicted molar refractivity (Wildman–Crippen MR) is 78.5 cm³/mol. The number of carbonyl (C=O) groups is 1. The van der Waals surface area contributed by atoms with Gasteiger partial charge in [0.2, 0.25) is 0 Å². The fourth-order valence-electron chi connectivity index (χ4n) is 2.68. The van der Waals surface area contributed by atoms with Crippen LogP contribution >= 0.6 is 0 Å². The smallest absolute Gasteiger partial charge is 0.311 e. The summed E-state index contributed by atoms with van der Waals surface area (Å²) in [4.78, 5) is 22.7. The molecular weight excluding hydrogens is 286 g/mol. The van der Waals surface area contributed by atoms with Gasteiger partial charge in [-0.25, -0.2) is 0 Å². The second-order valence-electron chi connectivity index (χ2n) is 5.35. The number of rotatable bonds is 4. The minimum Gasteiger partial charge on any atom is -0.490 e. The Morgan fingerprint density at radius 2 is 2.09 bits per heavy atom. The first-order chi connectivity index (χ1) is 10.5. The molecule has 0 aliphatic heterocycles. The van der Waals surface area contributed by atoms with Crippen LogP contribution in [0.4, 0.5) is 5.69 Å². The first-order valence-corrected chi connectivity index (χ1v) is 7.07. The van der Waals surface area contributed by atoms with E-state index >= 15 is 0 Å². The molecule has 116 valence electrons. The Balaban J connectivity index is 2.24. The summed E-state index contributed by atoms with van der Waals surface area (Å²) in [6.07, 6.45) is 4.03. The molecule has 7 heteroatoms. The van der Waals surface area contributed by atoms with Crippen molar-refractivity contribution in [3.63, 3.8) is 0 Å². The maximum absolute atomic E-state index is 12.3. The van der Waals surface area contributed by atoms with Crippen molar-refractivity contribution in [2.75, 3.05) is 7.11 Å². The van der Waals surface area contributed by atoms with E-state index < -0.39 is 16.4 Å². The highest BCUT2D eigenvalue weighted by atomic mass is 16.6. The average molecular weight is 303 g/mol. The molecule has 1 fully saturated rings. The topological polar surface area (TPSA) is 105 Å². The van der Waals surface area contributed by atoms with Gasteiger partial charge in [-0.15, -0.1) is 0 Å². The SMILES string of the molecule is COc1ccc(C(=O)NC2(C#N)CCCCC2)cc1[N+](=O)[O-]. The third kappa shape index (κ3) is 3.17. The number of nitro benzene ring substituents is 1. The fraction of sp³-hybridized carbons (Fsp3) is 0.467. The second-order valence-corrected chi connectivity index (χ2v) is 5.35. The van der Waals surface area contributed by atoms with E-state index in [9.17, 15) is 20.2 Å². The molecule has 0 saturated heterocycles. The molecule has 0 atom stereocenters. The predicted octanol–water partition coefficient (Wildman–Crippen LogP) is 2.56. The number of nitriles is 1. The molecule has 0 aromatic heterocycles. The molecule has 1 N–H and O–H groups in total. The van der Waals surface area contributed by atoms with E-state index in [0.717, 1.165) is 19.3 Å². The van der Waals surface area contributed by atoms with E-state index in [1.165, 1.54) is 25.3 Å². The summed E-state index contributed by atoms with van der Waals surface area (Å²) in [6, 6.07) is 6.19. The van der Waals surface area contributed by atoms with E-state index in [-0.39, 0.29) is 17.0 Å². The van der Waals surface area contributed by atoms with Gasteiger partial charge in [0, 0.05) is 11.6 Å². The zero-order valence-electron chi connectivity index (χ0n) is 12.3. The van der Waals surface area contributed by atoms with Gasteiger partial charge in [0.05, 0.1) is 18.1 Å². The monoisotopic (exact) mass is 303 g/mol. The second kappa shape index (κ2) is 6.43. The first kappa shape index (κ1) is 15.8. The standard InChI is InChI=1S/C15H17N3O4/c1-22-13-6-5-11(9-12(13)18(20)21)14(19)17-15(10-16)7-3-2-4-8-15/h5-6,9H,2-4,7-8H2,1H3,(H,17,19). The van der Waals surface area contributed by atoms with Gasteiger partial charge in [-0.2, -0.15) is 5.26 Å². The Hall–Kier alpha value is -2.62. The first-order valence-electron chi connectivity index (χ1n) is 7.07. The summed E-state index contributed by atoms with van der Waals surface area (Å²) in [5.41, 5.74) is -0.998. The van der Waals surface area contributed by atoms with Gasteiger partial charge in [-0.05, 0) is 25.0 Å². The number of benzene rings is 1. The van der Waals surface area contributed by atoms with Crippen LogP contribution in [-0.2, 0) is 0 Å². The molecule has 0 radical (unpaired) electrons. The molecule has 1 saturated carbocycles. The Morgan fingerprint density at radius 3 is 2.64 bits per heavy atom. The molecule has 0 unspecified atom stereocenters. The number of amides is 1. The molecule has 1 aliphatic rings. The van der Waals surface area contributed by atoms with Gasteiger partial charge in [-0.3, -0.25) is 14.9 Å². The third-order valence-corrected chi connectivity index (χ3v) is 3.91. The van der Waals surface area contributed by atoms with E-state index in [2.05, 4.69) is 11.4 Å². The summed E-state index contributed by atoms with van der Waals surface area (Å²) in [6.45, 7) is 0. The number of methoxy groups -OCH3 is 1. The molecule has 1 aromatic carbocycles. The zero-order valence-corrected chi connectivity index (χ0v) is 12.3. The molecule has 1 aliphatic carbocycles. The highest BCUT2D eigenvalue weighted by molar-refractivity contribution is 5.96. The summed E-state index contributed by atoms with van der Waals surface area (Å²) in [5, 5.41) is 23.1. The molecule has 22 heavy (non-hydrogen) atoms. The lowest BCUT2D eigenvalue weighted by molar-refractivity contribution is -0.385. The van der Waals surface area contributed by atoms with Gasteiger partial charge >= 0.3 is 5.69 Å². The van der Waals surface area contributed by atoms with Crippen molar-refractivity contribution in [3.8, 4) is 11.8 Å². The molecular formula is C15H17N3O4. The number of carbonyl (C=O) groups excluding carboxylic acids is 1. The lowest BCUT2D eigenvalue weighted by atomic mass is 9.82. The van der Waals surface area contributed by atoms with Crippen LogP contribution in [0, 0.1) is 21.4 Å². The zero-order chi connectivity index (χ0) is 16.2. The Labute approximate surface area is 128 Å². The van der Waals surface area contributed by atoms with E-state index in [4.69, 9.17) is 4.74 Å². The summed E-state index contributed by atoms with van der Waals surface area (Å²) in [7, 11) is 1.33.